The topological polar surface area (TPSA) is 49.9 Å². The normalized spacial score (nSPS) is 20.5. The van der Waals surface area contributed by atoms with Crippen LogP contribution in [0.2, 0.25) is 0 Å². The second-order valence-corrected chi connectivity index (χ2v) is 10.6. The van der Waals surface area contributed by atoms with E-state index in [-0.39, 0.29) is 17.2 Å². The Labute approximate surface area is 210 Å². The fourth-order valence-corrected chi connectivity index (χ4v) is 5.67. The molecule has 2 amide bonds. The summed E-state index contributed by atoms with van der Waals surface area (Å²) in [6, 6.07) is 19.9. The Morgan fingerprint density at radius 3 is 2.40 bits per heavy atom. The van der Waals surface area contributed by atoms with E-state index in [0.717, 1.165) is 37.1 Å². The molecule has 188 valence electrons. The van der Waals surface area contributed by atoms with Crippen LogP contribution in [0.3, 0.4) is 0 Å². The standard InChI is InChI=1S/C30H40N2O3/c1-31(22-26-13-4-2-5-14-26)29(34)21-30(24-35-27-15-6-3-7-16-27)19-10-20-32(23-30)28(33)18-17-25-11-8-9-12-25/h2-7,13-16,25H,8-12,17-24H2,1H3. The lowest BCUT2D eigenvalue weighted by atomic mass is 9.77. The van der Waals surface area contributed by atoms with Crippen molar-refractivity contribution in [3.63, 3.8) is 0 Å². The number of amides is 2. The van der Waals surface area contributed by atoms with Crippen LogP contribution in [0.15, 0.2) is 60.7 Å². The molecular formula is C30H40N2O3. The molecule has 2 aromatic rings. The molecule has 2 fully saturated rings. The number of hydrogen-bond acceptors (Lipinski definition) is 3. The third-order valence-electron chi connectivity index (χ3n) is 7.76. The first-order chi connectivity index (χ1) is 17.0. The number of carbonyl (C=O) groups is 2. The monoisotopic (exact) mass is 476 g/mol. The van der Waals surface area contributed by atoms with Crippen molar-refractivity contribution in [3.05, 3.63) is 66.2 Å². The Balaban J connectivity index is 1.42. The number of hydrogen-bond donors (Lipinski definition) is 0. The van der Waals surface area contributed by atoms with Crippen LogP contribution in [0.5, 0.6) is 5.75 Å². The van der Waals surface area contributed by atoms with Crippen molar-refractivity contribution in [3.8, 4) is 5.75 Å². The van der Waals surface area contributed by atoms with Crippen LogP contribution in [0.4, 0.5) is 0 Å². The molecule has 0 bridgehead atoms. The van der Waals surface area contributed by atoms with Gasteiger partial charge in [-0.25, -0.2) is 0 Å². The maximum absolute atomic E-state index is 13.4. The summed E-state index contributed by atoms with van der Waals surface area (Å²) in [5.41, 5.74) is 0.740. The Kier molecular flexibility index (Phi) is 8.84. The molecule has 1 saturated carbocycles. The number of ether oxygens (including phenoxy) is 1. The van der Waals surface area contributed by atoms with Crippen LogP contribution >= 0.6 is 0 Å². The van der Waals surface area contributed by atoms with Crippen LogP contribution in [0, 0.1) is 11.3 Å². The van der Waals surface area contributed by atoms with Gasteiger partial charge in [-0.05, 0) is 42.9 Å². The fourth-order valence-electron chi connectivity index (χ4n) is 5.67. The van der Waals surface area contributed by atoms with E-state index >= 15 is 0 Å². The summed E-state index contributed by atoms with van der Waals surface area (Å²) in [7, 11) is 1.87. The van der Waals surface area contributed by atoms with E-state index in [4.69, 9.17) is 4.74 Å². The van der Waals surface area contributed by atoms with Crippen molar-refractivity contribution in [2.24, 2.45) is 11.3 Å². The average molecular weight is 477 g/mol. The van der Waals surface area contributed by atoms with Crippen LogP contribution < -0.4 is 4.74 Å². The van der Waals surface area contributed by atoms with Gasteiger partial charge in [-0.1, -0.05) is 74.2 Å². The molecule has 1 saturated heterocycles. The van der Waals surface area contributed by atoms with Crippen molar-refractivity contribution >= 4 is 11.8 Å². The van der Waals surface area contributed by atoms with Crippen LogP contribution in [-0.4, -0.2) is 48.4 Å². The zero-order valence-electron chi connectivity index (χ0n) is 21.2. The molecule has 35 heavy (non-hydrogen) atoms. The van der Waals surface area contributed by atoms with Gasteiger partial charge in [0.25, 0.3) is 0 Å². The molecule has 1 unspecified atom stereocenters. The van der Waals surface area contributed by atoms with E-state index in [1.165, 1.54) is 25.7 Å². The molecule has 1 aliphatic heterocycles. The highest BCUT2D eigenvalue weighted by molar-refractivity contribution is 5.78. The van der Waals surface area contributed by atoms with Crippen molar-refractivity contribution < 1.29 is 14.3 Å². The van der Waals surface area contributed by atoms with Gasteiger partial charge >= 0.3 is 0 Å². The molecule has 1 atom stereocenters. The minimum Gasteiger partial charge on any atom is -0.493 e. The van der Waals surface area contributed by atoms with Crippen LogP contribution in [0.25, 0.3) is 0 Å². The molecule has 0 aromatic heterocycles. The van der Waals surface area contributed by atoms with Crippen molar-refractivity contribution in [1.82, 2.24) is 9.80 Å². The molecule has 0 spiro atoms. The number of benzene rings is 2. The third-order valence-corrected chi connectivity index (χ3v) is 7.76. The lowest BCUT2D eigenvalue weighted by Gasteiger charge is -2.43. The number of rotatable bonds is 10. The number of likely N-dealkylation sites (tertiary alicyclic amines) is 1. The highest BCUT2D eigenvalue weighted by Crippen LogP contribution is 2.36. The summed E-state index contributed by atoms with van der Waals surface area (Å²) < 4.78 is 6.21. The Bertz CT molecular complexity index is 943. The van der Waals surface area contributed by atoms with E-state index in [1.54, 1.807) is 4.90 Å². The first kappa shape index (κ1) is 25.3. The molecule has 5 nitrogen and oxygen atoms in total. The first-order valence-electron chi connectivity index (χ1n) is 13.3. The molecule has 5 heteroatoms. The number of para-hydroxylation sites is 1. The van der Waals surface area contributed by atoms with Crippen LogP contribution in [-0.2, 0) is 16.1 Å². The lowest BCUT2D eigenvalue weighted by molar-refractivity contribution is -0.141. The molecule has 4 rings (SSSR count). The summed E-state index contributed by atoms with van der Waals surface area (Å²) in [6.07, 6.45) is 8.95. The van der Waals surface area contributed by atoms with Gasteiger partial charge in [0.2, 0.25) is 11.8 Å². The van der Waals surface area contributed by atoms with Crippen molar-refractivity contribution in [1.29, 1.82) is 0 Å². The van der Waals surface area contributed by atoms with E-state index < -0.39 is 0 Å². The fraction of sp³-hybridized carbons (Fsp3) is 0.533. The Morgan fingerprint density at radius 2 is 1.69 bits per heavy atom. The number of piperidine rings is 1. The summed E-state index contributed by atoms with van der Waals surface area (Å²) in [5.74, 6) is 1.86. The second-order valence-electron chi connectivity index (χ2n) is 10.6. The molecule has 2 aromatic carbocycles. The average Bonchev–Trinajstić information content (AvgIpc) is 3.41. The van der Waals surface area contributed by atoms with Crippen molar-refractivity contribution in [2.45, 2.75) is 64.3 Å². The zero-order chi connectivity index (χ0) is 24.5. The van der Waals surface area contributed by atoms with E-state index in [1.807, 2.05) is 72.6 Å². The molecule has 0 radical (unpaired) electrons. The van der Waals surface area contributed by atoms with Gasteiger partial charge < -0.3 is 14.5 Å². The largest absolute Gasteiger partial charge is 0.493 e. The van der Waals surface area contributed by atoms with E-state index in [2.05, 4.69) is 0 Å². The van der Waals surface area contributed by atoms with Gasteiger partial charge in [0.15, 0.2) is 0 Å². The molecule has 1 aliphatic carbocycles. The van der Waals surface area contributed by atoms with Gasteiger partial charge in [-0.3, -0.25) is 9.59 Å². The molecule has 1 heterocycles. The first-order valence-corrected chi connectivity index (χ1v) is 13.3. The zero-order valence-corrected chi connectivity index (χ0v) is 21.2. The molecule has 0 N–H and O–H groups in total. The SMILES string of the molecule is CN(Cc1ccccc1)C(=O)CC1(COc2ccccc2)CCCN(C(=O)CCC2CCCC2)C1. The second kappa shape index (κ2) is 12.2. The van der Waals surface area contributed by atoms with Crippen LogP contribution in [0.1, 0.15) is 63.4 Å². The van der Waals surface area contributed by atoms with Gasteiger partial charge in [-0.15, -0.1) is 0 Å². The summed E-state index contributed by atoms with van der Waals surface area (Å²) in [4.78, 5) is 30.4. The third kappa shape index (κ3) is 7.33. The lowest BCUT2D eigenvalue weighted by Crippen LogP contribution is -2.50. The maximum atomic E-state index is 13.4. The van der Waals surface area contributed by atoms with Crippen molar-refractivity contribution in [2.75, 3.05) is 26.7 Å². The predicted octanol–water partition coefficient (Wildman–Crippen LogP) is 5.69. The van der Waals surface area contributed by atoms with Gasteiger partial charge in [-0.2, -0.15) is 0 Å². The smallest absolute Gasteiger partial charge is 0.223 e. The van der Waals surface area contributed by atoms with E-state index in [0.29, 0.717) is 38.5 Å². The Morgan fingerprint density at radius 1 is 1.00 bits per heavy atom. The summed E-state index contributed by atoms with van der Waals surface area (Å²) in [6.45, 7) is 2.40. The highest BCUT2D eigenvalue weighted by atomic mass is 16.5. The number of carbonyl (C=O) groups excluding carboxylic acids is 2. The summed E-state index contributed by atoms with van der Waals surface area (Å²) >= 11 is 0. The molecular weight excluding hydrogens is 436 g/mol. The van der Waals surface area contributed by atoms with E-state index in [9.17, 15) is 9.59 Å². The molecule has 2 aliphatic rings. The minimum absolute atomic E-state index is 0.103. The number of nitrogens with zero attached hydrogens (tertiary/aromatic N) is 2. The van der Waals surface area contributed by atoms with Gasteiger partial charge in [0, 0.05) is 44.9 Å². The predicted molar refractivity (Wildman–Crippen MR) is 139 cm³/mol. The quantitative estimate of drug-likeness (QED) is 0.442. The van der Waals surface area contributed by atoms with Gasteiger partial charge in [0.05, 0.1) is 6.61 Å². The summed E-state index contributed by atoms with van der Waals surface area (Å²) in [5, 5.41) is 0. The maximum Gasteiger partial charge on any atom is 0.223 e. The highest BCUT2D eigenvalue weighted by Gasteiger charge is 2.40. The minimum atomic E-state index is -0.376. The Hall–Kier alpha value is -2.82. The van der Waals surface area contributed by atoms with Gasteiger partial charge in [0.1, 0.15) is 5.75 Å².